The molecule has 0 N–H and O–H groups in total. The second-order valence-corrected chi connectivity index (χ2v) is 6.58. The minimum Gasteiger partial charge on any atom is -0.494 e. The van der Waals surface area contributed by atoms with Gasteiger partial charge in [0.25, 0.3) is 0 Å². The third kappa shape index (κ3) is 4.90. The van der Waals surface area contributed by atoms with Gasteiger partial charge in [0.15, 0.2) is 0 Å². The third-order valence-corrected chi connectivity index (χ3v) is 4.54. The van der Waals surface area contributed by atoms with E-state index in [4.69, 9.17) is 4.74 Å². The van der Waals surface area contributed by atoms with E-state index in [9.17, 15) is 0 Å². The van der Waals surface area contributed by atoms with Crippen LogP contribution in [0.15, 0.2) is 60.7 Å². The minimum atomic E-state index is 0.791. The molecule has 0 bridgehead atoms. The van der Waals surface area contributed by atoms with E-state index in [1.807, 2.05) is 0 Å². The first-order valence-electron chi connectivity index (χ1n) is 9.56. The molecule has 132 valence electrons. The molecular formula is C25H26O. The summed E-state index contributed by atoms with van der Waals surface area (Å²) in [6.45, 7) is 5.16. The first kappa shape index (κ1) is 18.1. The zero-order chi connectivity index (χ0) is 18.2. The summed E-state index contributed by atoms with van der Waals surface area (Å²) in [6, 6.07) is 21.1. The molecule has 3 aromatic carbocycles. The number of aryl methyl sites for hydroxylation is 1. The van der Waals surface area contributed by atoms with Crippen LogP contribution >= 0.6 is 0 Å². The molecule has 0 spiro atoms. The second kappa shape index (κ2) is 9.11. The molecule has 26 heavy (non-hydrogen) atoms. The summed E-state index contributed by atoms with van der Waals surface area (Å²) in [4.78, 5) is 0. The van der Waals surface area contributed by atoms with Gasteiger partial charge in [0.05, 0.1) is 6.61 Å². The summed E-state index contributed by atoms with van der Waals surface area (Å²) in [6.07, 6.45) is 4.61. The van der Waals surface area contributed by atoms with Crippen molar-refractivity contribution in [1.82, 2.24) is 0 Å². The zero-order valence-electron chi connectivity index (χ0n) is 15.7. The average Bonchev–Trinajstić information content (AvgIpc) is 2.70. The summed E-state index contributed by atoms with van der Waals surface area (Å²) in [7, 11) is 0. The van der Waals surface area contributed by atoms with E-state index in [2.05, 4.69) is 86.4 Å². The zero-order valence-corrected chi connectivity index (χ0v) is 15.7. The van der Waals surface area contributed by atoms with Crippen LogP contribution < -0.4 is 4.74 Å². The first-order chi connectivity index (χ1) is 12.8. The van der Waals surface area contributed by atoms with E-state index in [1.165, 1.54) is 29.2 Å². The van der Waals surface area contributed by atoms with Gasteiger partial charge < -0.3 is 4.74 Å². The van der Waals surface area contributed by atoms with Gasteiger partial charge in [0, 0.05) is 11.1 Å². The topological polar surface area (TPSA) is 9.23 Å². The summed E-state index contributed by atoms with van der Waals surface area (Å²) in [5.74, 6) is 7.47. The Morgan fingerprint density at radius 2 is 1.42 bits per heavy atom. The van der Waals surface area contributed by atoms with Gasteiger partial charge in [-0.2, -0.15) is 0 Å². The largest absolute Gasteiger partial charge is 0.494 e. The number of ether oxygens (including phenoxy) is 1. The molecule has 0 radical (unpaired) electrons. The molecule has 0 aromatic heterocycles. The van der Waals surface area contributed by atoms with Crippen molar-refractivity contribution in [3.05, 3.63) is 77.4 Å². The van der Waals surface area contributed by atoms with Crippen LogP contribution in [0.5, 0.6) is 5.75 Å². The van der Waals surface area contributed by atoms with Gasteiger partial charge in [-0.1, -0.05) is 62.8 Å². The Hall–Kier alpha value is -2.72. The van der Waals surface area contributed by atoms with Gasteiger partial charge in [-0.05, 0) is 65.6 Å². The van der Waals surface area contributed by atoms with Gasteiger partial charge in [-0.15, -0.1) is 0 Å². The third-order valence-electron chi connectivity index (χ3n) is 4.54. The quantitative estimate of drug-likeness (QED) is 0.373. The van der Waals surface area contributed by atoms with E-state index in [0.29, 0.717) is 0 Å². The molecule has 0 aliphatic carbocycles. The highest BCUT2D eigenvalue weighted by Crippen LogP contribution is 2.22. The lowest BCUT2D eigenvalue weighted by Gasteiger charge is -2.07. The van der Waals surface area contributed by atoms with E-state index < -0.39 is 0 Å². The number of unbranched alkanes of at least 4 members (excludes halogenated alkanes) is 2. The van der Waals surface area contributed by atoms with Gasteiger partial charge in [0.2, 0.25) is 0 Å². The lowest BCUT2D eigenvalue weighted by Crippen LogP contribution is -1.96. The van der Waals surface area contributed by atoms with Crippen molar-refractivity contribution in [2.45, 2.75) is 39.5 Å². The fourth-order valence-electron chi connectivity index (χ4n) is 2.90. The van der Waals surface area contributed by atoms with E-state index in [-0.39, 0.29) is 0 Å². The highest BCUT2D eigenvalue weighted by Gasteiger charge is 1.99. The standard InChI is InChI=1S/C25H26O/c1-3-5-6-17-26-25-16-15-23-18-22(13-14-24(23)19-25)12-11-21-9-7-20(4-2)8-10-21/h7-10,13-16,18-19H,3-6,17H2,1-2H3. The van der Waals surface area contributed by atoms with Crippen molar-refractivity contribution in [1.29, 1.82) is 0 Å². The van der Waals surface area contributed by atoms with Crippen molar-refractivity contribution >= 4 is 10.8 Å². The van der Waals surface area contributed by atoms with Gasteiger partial charge in [-0.3, -0.25) is 0 Å². The van der Waals surface area contributed by atoms with Crippen LogP contribution in [0.4, 0.5) is 0 Å². The van der Waals surface area contributed by atoms with Crippen LogP contribution in [0, 0.1) is 11.8 Å². The minimum absolute atomic E-state index is 0.791. The Balaban J connectivity index is 1.72. The molecule has 0 aliphatic rings. The smallest absolute Gasteiger partial charge is 0.119 e. The molecular weight excluding hydrogens is 316 g/mol. The Morgan fingerprint density at radius 3 is 2.19 bits per heavy atom. The van der Waals surface area contributed by atoms with Gasteiger partial charge >= 0.3 is 0 Å². The van der Waals surface area contributed by atoms with Gasteiger partial charge in [0.1, 0.15) is 5.75 Å². The summed E-state index contributed by atoms with van der Waals surface area (Å²) in [5.41, 5.74) is 3.43. The Kier molecular flexibility index (Phi) is 6.34. The summed E-state index contributed by atoms with van der Waals surface area (Å²) >= 11 is 0. The monoisotopic (exact) mass is 342 g/mol. The lowest BCUT2D eigenvalue weighted by atomic mass is 10.1. The van der Waals surface area contributed by atoms with E-state index >= 15 is 0 Å². The first-order valence-corrected chi connectivity index (χ1v) is 9.56. The Bertz CT molecular complexity index is 910. The molecule has 0 saturated heterocycles. The molecule has 0 aliphatic heterocycles. The number of benzene rings is 3. The molecule has 3 aromatic rings. The van der Waals surface area contributed by atoms with Crippen molar-refractivity contribution in [2.24, 2.45) is 0 Å². The van der Waals surface area contributed by atoms with Crippen molar-refractivity contribution in [2.75, 3.05) is 6.61 Å². The van der Waals surface area contributed by atoms with Crippen molar-refractivity contribution in [3.8, 4) is 17.6 Å². The average molecular weight is 342 g/mol. The van der Waals surface area contributed by atoms with Crippen LogP contribution in [-0.4, -0.2) is 6.61 Å². The number of hydrogen-bond donors (Lipinski definition) is 0. The molecule has 0 amide bonds. The summed E-state index contributed by atoms with van der Waals surface area (Å²) in [5, 5.41) is 2.38. The predicted octanol–water partition coefficient (Wildman–Crippen LogP) is 6.37. The van der Waals surface area contributed by atoms with Crippen LogP contribution in [-0.2, 0) is 6.42 Å². The van der Waals surface area contributed by atoms with Gasteiger partial charge in [-0.25, -0.2) is 0 Å². The highest BCUT2D eigenvalue weighted by molar-refractivity contribution is 5.85. The van der Waals surface area contributed by atoms with Crippen molar-refractivity contribution in [3.63, 3.8) is 0 Å². The second-order valence-electron chi connectivity index (χ2n) is 6.58. The normalized spacial score (nSPS) is 10.4. The van der Waals surface area contributed by atoms with E-state index in [1.54, 1.807) is 0 Å². The molecule has 0 atom stereocenters. The van der Waals surface area contributed by atoms with E-state index in [0.717, 1.165) is 36.3 Å². The highest BCUT2D eigenvalue weighted by atomic mass is 16.5. The number of rotatable bonds is 6. The lowest BCUT2D eigenvalue weighted by molar-refractivity contribution is 0.306. The number of fused-ring (bicyclic) bond motifs is 1. The molecule has 1 heteroatoms. The Morgan fingerprint density at radius 1 is 0.731 bits per heavy atom. The SMILES string of the molecule is CCCCCOc1ccc2cc(C#Cc3ccc(CC)cc3)ccc2c1. The van der Waals surface area contributed by atoms with Crippen LogP contribution in [0.25, 0.3) is 10.8 Å². The maximum atomic E-state index is 5.84. The van der Waals surface area contributed by atoms with Crippen molar-refractivity contribution < 1.29 is 4.74 Å². The molecule has 0 unspecified atom stereocenters. The molecule has 0 heterocycles. The Labute approximate surface area is 157 Å². The molecule has 3 rings (SSSR count). The van der Waals surface area contributed by atoms with Crippen LogP contribution in [0.3, 0.4) is 0 Å². The maximum absolute atomic E-state index is 5.84. The molecule has 0 saturated carbocycles. The maximum Gasteiger partial charge on any atom is 0.119 e. The molecule has 0 fully saturated rings. The number of hydrogen-bond acceptors (Lipinski definition) is 1. The predicted molar refractivity (Wildman–Crippen MR) is 111 cm³/mol. The molecule has 1 nitrogen and oxygen atoms in total. The summed E-state index contributed by atoms with van der Waals surface area (Å²) < 4.78 is 5.84. The van der Waals surface area contributed by atoms with Crippen LogP contribution in [0.1, 0.15) is 49.8 Å². The fourth-order valence-corrected chi connectivity index (χ4v) is 2.90. The fraction of sp³-hybridized carbons (Fsp3) is 0.280. The van der Waals surface area contributed by atoms with Crippen LogP contribution in [0.2, 0.25) is 0 Å².